The lowest BCUT2D eigenvalue weighted by atomic mass is 10.1. The van der Waals surface area contributed by atoms with Gasteiger partial charge in [0.2, 0.25) is 0 Å². The van der Waals surface area contributed by atoms with Crippen LogP contribution in [-0.4, -0.2) is 42.5 Å². The van der Waals surface area contributed by atoms with Crippen molar-refractivity contribution in [3.8, 4) is 0 Å². The fourth-order valence-corrected chi connectivity index (χ4v) is 1.85. The Bertz CT molecular complexity index is 323. The van der Waals surface area contributed by atoms with Gasteiger partial charge in [0, 0.05) is 13.2 Å². The minimum atomic E-state index is 0.432. The average molecular weight is 240 g/mol. The molecule has 96 valence electrons. The van der Waals surface area contributed by atoms with E-state index in [1.807, 2.05) is 0 Å². The molecule has 2 heterocycles. The van der Waals surface area contributed by atoms with Gasteiger partial charge in [-0.1, -0.05) is 5.16 Å². The van der Waals surface area contributed by atoms with Gasteiger partial charge in [0.15, 0.2) is 5.82 Å². The van der Waals surface area contributed by atoms with Crippen LogP contribution >= 0.6 is 0 Å². The predicted molar refractivity (Wildman–Crippen MR) is 64.0 cm³/mol. The molecular weight excluding hydrogens is 220 g/mol. The summed E-state index contributed by atoms with van der Waals surface area (Å²) in [6, 6.07) is 0.490. The number of anilines is 1. The van der Waals surface area contributed by atoms with Crippen molar-refractivity contribution >= 4 is 6.01 Å². The fraction of sp³-hybridized carbons (Fsp3) is 0.818. The molecule has 0 radical (unpaired) electrons. The molecule has 17 heavy (non-hydrogen) atoms. The summed E-state index contributed by atoms with van der Waals surface area (Å²) in [5.74, 6) is 0.651. The number of nitrogens with zero attached hydrogens (tertiary/aromatic N) is 2. The quantitative estimate of drug-likeness (QED) is 0.721. The molecule has 1 aliphatic heterocycles. The number of rotatable bonds is 6. The van der Waals surface area contributed by atoms with Crippen molar-refractivity contribution in [2.24, 2.45) is 0 Å². The fourth-order valence-electron chi connectivity index (χ4n) is 1.85. The number of aryl methyl sites for hydroxylation is 1. The zero-order valence-electron chi connectivity index (χ0n) is 10.2. The van der Waals surface area contributed by atoms with Gasteiger partial charge in [-0.15, -0.1) is 0 Å². The SMILES string of the molecule is Cc1noc(NCCCOC2CCNCC2)n1. The van der Waals surface area contributed by atoms with E-state index < -0.39 is 0 Å². The zero-order valence-corrected chi connectivity index (χ0v) is 10.2. The van der Waals surface area contributed by atoms with E-state index in [4.69, 9.17) is 9.26 Å². The maximum Gasteiger partial charge on any atom is 0.321 e. The van der Waals surface area contributed by atoms with Crippen LogP contribution in [0.1, 0.15) is 25.1 Å². The minimum Gasteiger partial charge on any atom is -0.378 e. The summed E-state index contributed by atoms with van der Waals surface area (Å²) in [7, 11) is 0. The van der Waals surface area contributed by atoms with Gasteiger partial charge in [0.05, 0.1) is 6.10 Å². The van der Waals surface area contributed by atoms with E-state index in [9.17, 15) is 0 Å². The highest BCUT2D eigenvalue weighted by Crippen LogP contribution is 2.07. The van der Waals surface area contributed by atoms with Crippen molar-refractivity contribution < 1.29 is 9.26 Å². The van der Waals surface area contributed by atoms with E-state index in [1.165, 1.54) is 0 Å². The van der Waals surface area contributed by atoms with Crippen molar-refractivity contribution in [1.29, 1.82) is 0 Å². The second-order valence-corrected chi connectivity index (χ2v) is 4.25. The van der Waals surface area contributed by atoms with Gasteiger partial charge in [-0.25, -0.2) is 0 Å². The van der Waals surface area contributed by atoms with Crippen molar-refractivity contribution in [2.75, 3.05) is 31.6 Å². The molecule has 1 saturated heterocycles. The Balaban J connectivity index is 1.51. The van der Waals surface area contributed by atoms with Gasteiger partial charge in [-0.2, -0.15) is 4.98 Å². The van der Waals surface area contributed by atoms with E-state index in [-0.39, 0.29) is 0 Å². The van der Waals surface area contributed by atoms with Gasteiger partial charge in [0.25, 0.3) is 0 Å². The second kappa shape index (κ2) is 6.56. The standard InChI is InChI=1S/C11H20N4O2/c1-9-14-11(17-15-9)13-5-2-8-16-10-3-6-12-7-4-10/h10,12H,2-8H2,1H3,(H,13,14,15). The molecule has 0 aliphatic carbocycles. The van der Waals surface area contributed by atoms with Crippen LogP contribution in [0.4, 0.5) is 6.01 Å². The largest absolute Gasteiger partial charge is 0.378 e. The molecule has 0 saturated carbocycles. The van der Waals surface area contributed by atoms with Gasteiger partial charge in [-0.3, -0.25) is 0 Å². The molecule has 0 amide bonds. The Labute approximate surface area is 101 Å². The summed E-state index contributed by atoms with van der Waals surface area (Å²) in [4.78, 5) is 4.06. The van der Waals surface area contributed by atoms with Gasteiger partial charge >= 0.3 is 6.01 Å². The first kappa shape index (κ1) is 12.3. The Kier molecular flexibility index (Phi) is 4.75. The lowest BCUT2D eigenvalue weighted by Crippen LogP contribution is -2.32. The zero-order chi connectivity index (χ0) is 11.9. The molecule has 0 bridgehead atoms. The monoisotopic (exact) mass is 240 g/mol. The van der Waals surface area contributed by atoms with Crippen LogP contribution < -0.4 is 10.6 Å². The van der Waals surface area contributed by atoms with E-state index in [1.54, 1.807) is 6.92 Å². The Hall–Kier alpha value is -1.14. The maximum atomic E-state index is 5.78. The van der Waals surface area contributed by atoms with Crippen LogP contribution in [0.25, 0.3) is 0 Å². The van der Waals surface area contributed by atoms with E-state index >= 15 is 0 Å². The topological polar surface area (TPSA) is 72.2 Å². The van der Waals surface area contributed by atoms with Crippen molar-refractivity contribution in [3.05, 3.63) is 5.82 Å². The molecule has 1 fully saturated rings. The highest BCUT2D eigenvalue weighted by atomic mass is 16.5. The molecule has 6 heteroatoms. The first-order valence-corrected chi connectivity index (χ1v) is 6.21. The molecule has 2 rings (SSSR count). The third kappa shape index (κ3) is 4.32. The summed E-state index contributed by atoms with van der Waals surface area (Å²) in [6.07, 6.45) is 3.62. The molecule has 0 aromatic carbocycles. The smallest absolute Gasteiger partial charge is 0.321 e. The molecule has 6 nitrogen and oxygen atoms in total. The van der Waals surface area contributed by atoms with Crippen LogP contribution in [0.3, 0.4) is 0 Å². The molecular formula is C11H20N4O2. The molecule has 1 aliphatic rings. The number of piperidine rings is 1. The first-order valence-electron chi connectivity index (χ1n) is 6.21. The average Bonchev–Trinajstić information content (AvgIpc) is 2.76. The van der Waals surface area contributed by atoms with Crippen molar-refractivity contribution in [1.82, 2.24) is 15.5 Å². The molecule has 0 unspecified atom stereocenters. The van der Waals surface area contributed by atoms with E-state index in [0.29, 0.717) is 17.9 Å². The molecule has 0 spiro atoms. The highest BCUT2D eigenvalue weighted by Gasteiger charge is 2.12. The summed E-state index contributed by atoms with van der Waals surface area (Å²) in [5.41, 5.74) is 0. The third-order valence-corrected chi connectivity index (χ3v) is 2.76. The van der Waals surface area contributed by atoms with Crippen LogP contribution in [0.5, 0.6) is 0 Å². The van der Waals surface area contributed by atoms with E-state index in [0.717, 1.165) is 45.5 Å². The van der Waals surface area contributed by atoms with Gasteiger partial charge in [0.1, 0.15) is 0 Å². The van der Waals surface area contributed by atoms with E-state index in [2.05, 4.69) is 20.8 Å². The third-order valence-electron chi connectivity index (χ3n) is 2.76. The lowest BCUT2D eigenvalue weighted by molar-refractivity contribution is 0.0329. The second-order valence-electron chi connectivity index (χ2n) is 4.25. The maximum absolute atomic E-state index is 5.78. The number of aromatic nitrogens is 2. The number of hydrogen-bond acceptors (Lipinski definition) is 6. The number of ether oxygens (including phenoxy) is 1. The Morgan fingerprint density at radius 1 is 1.47 bits per heavy atom. The van der Waals surface area contributed by atoms with Gasteiger partial charge in [-0.05, 0) is 39.3 Å². The first-order chi connectivity index (χ1) is 8.34. The summed E-state index contributed by atoms with van der Waals surface area (Å²) >= 11 is 0. The lowest BCUT2D eigenvalue weighted by Gasteiger charge is -2.22. The van der Waals surface area contributed by atoms with Crippen molar-refractivity contribution in [2.45, 2.75) is 32.3 Å². The Morgan fingerprint density at radius 2 is 2.29 bits per heavy atom. The summed E-state index contributed by atoms with van der Waals surface area (Å²) in [5, 5.41) is 10.1. The number of hydrogen-bond donors (Lipinski definition) is 2. The predicted octanol–water partition coefficient (Wildman–Crippen LogP) is 0.949. The van der Waals surface area contributed by atoms with Crippen LogP contribution in [-0.2, 0) is 4.74 Å². The summed E-state index contributed by atoms with van der Waals surface area (Å²) in [6.45, 7) is 5.53. The normalized spacial score (nSPS) is 17.2. The highest BCUT2D eigenvalue weighted by molar-refractivity contribution is 5.17. The van der Waals surface area contributed by atoms with Crippen molar-refractivity contribution in [3.63, 3.8) is 0 Å². The van der Waals surface area contributed by atoms with Crippen LogP contribution in [0.15, 0.2) is 4.52 Å². The molecule has 0 atom stereocenters. The number of nitrogens with one attached hydrogen (secondary N) is 2. The molecule has 1 aromatic heterocycles. The van der Waals surface area contributed by atoms with Crippen LogP contribution in [0.2, 0.25) is 0 Å². The molecule has 1 aromatic rings. The van der Waals surface area contributed by atoms with Crippen LogP contribution in [0, 0.1) is 6.92 Å². The Morgan fingerprint density at radius 3 is 3.00 bits per heavy atom. The summed E-state index contributed by atoms with van der Waals surface area (Å²) < 4.78 is 10.7. The minimum absolute atomic E-state index is 0.432. The molecule has 2 N–H and O–H groups in total. The van der Waals surface area contributed by atoms with Gasteiger partial charge < -0.3 is 19.9 Å².